The molecular formula is C21H34IN5O4. The zero-order chi connectivity index (χ0) is 21.8. The van der Waals surface area contributed by atoms with E-state index in [1.807, 2.05) is 31.2 Å². The van der Waals surface area contributed by atoms with E-state index in [0.29, 0.717) is 38.7 Å². The highest BCUT2D eigenvalue weighted by molar-refractivity contribution is 14.0. The normalized spacial score (nSPS) is 14.3. The van der Waals surface area contributed by atoms with E-state index in [1.54, 1.807) is 18.9 Å². The Labute approximate surface area is 201 Å². The summed E-state index contributed by atoms with van der Waals surface area (Å²) in [7, 11) is 1.62. The molecule has 2 amide bonds. The second-order valence-electron chi connectivity index (χ2n) is 6.92. The summed E-state index contributed by atoms with van der Waals surface area (Å²) in [5, 5.41) is 9.39. The molecule has 0 aliphatic carbocycles. The quantitative estimate of drug-likeness (QED) is 0.262. The van der Waals surface area contributed by atoms with Crippen LogP contribution in [0.4, 0.5) is 4.79 Å². The minimum Gasteiger partial charge on any atom is -0.497 e. The molecule has 174 valence electrons. The smallest absolute Gasteiger partial charge is 0.409 e. The predicted octanol–water partition coefficient (Wildman–Crippen LogP) is 2.11. The van der Waals surface area contributed by atoms with E-state index in [2.05, 4.69) is 20.9 Å². The topological polar surface area (TPSA) is 104 Å². The molecule has 1 aliphatic rings. The number of halogens is 1. The Hall–Kier alpha value is -2.24. The standard InChI is InChI=1S/C21H33N5O4.HI/c1-4-22-20(25-17-10-12-26(13-11-17)21(28)30-5-2)24-15-19(27)23-14-16-6-8-18(29-3)9-7-16;/h6-9,17H,4-5,10-15H2,1-3H3,(H,23,27)(H2,22,24,25);1H. The fourth-order valence-electron chi connectivity index (χ4n) is 3.09. The summed E-state index contributed by atoms with van der Waals surface area (Å²) >= 11 is 0. The van der Waals surface area contributed by atoms with Gasteiger partial charge in [-0.2, -0.15) is 0 Å². The van der Waals surface area contributed by atoms with Crippen LogP contribution in [-0.4, -0.2) is 68.8 Å². The van der Waals surface area contributed by atoms with Gasteiger partial charge in [0.15, 0.2) is 5.96 Å². The number of nitrogens with zero attached hydrogens (tertiary/aromatic N) is 2. The summed E-state index contributed by atoms with van der Waals surface area (Å²) in [5.41, 5.74) is 0.992. The largest absolute Gasteiger partial charge is 0.497 e. The first-order valence-electron chi connectivity index (χ1n) is 10.4. The first kappa shape index (κ1) is 26.8. The van der Waals surface area contributed by atoms with Gasteiger partial charge in [0.1, 0.15) is 12.3 Å². The minimum absolute atomic E-state index is 0. The number of piperidine rings is 1. The fraction of sp³-hybridized carbons (Fsp3) is 0.571. The molecule has 1 aromatic rings. The van der Waals surface area contributed by atoms with Crippen LogP contribution in [0.2, 0.25) is 0 Å². The Kier molecular flexibility index (Phi) is 12.7. The van der Waals surface area contributed by atoms with Crippen molar-refractivity contribution in [3.05, 3.63) is 29.8 Å². The zero-order valence-corrected chi connectivity index (χ0v) is 20.8. The molecule has 3 N–H and O–H groups in total. The maximum Gasteiger partial charge on any atom is 0.409 e. The van der Waals surface area contributed by atoms with Gasteiger partial charge in [0, 0.05) is 32.2 Å². The lowest BCUT2D eigenvalue weighted by atomic mass is 10.1. The molecule has 0 radical (unpaired) electrons. The van der Waals surface area contributed by atoms with Crippen molar-refractivity contribution in [2.24, 2.45) is 4.99 Å². The molecule has 1 fully saturated rings. The van der Waals surface area contributed by atoms with E-state index in [-0.39, 0.29) is 48.6 Å². The number of carbonyl (C=O) groups is 2. The van der Waals surface area contributed by atoms with E-state index in [0.717, 1.165) is 24.2 Å². The molecule has 0 bridgehead atoms. The van der Waals surface area contributed by atoms with Crippen LogP contribution < -0.4 is 20.7 Å². The lowest BCUT2D eigenvalue weighted by molar-refractivity contribution is -0.119. The second-order valence-corrected chi connectivity index (χ2v) is 6.92. The number of carbonyl (C=O) groups excluding carboxylic acids is 2. The van der Waals surface area contributed by atoms with Crippen molar-refractivity contribution in [3.8, 4) is 5.75 Å². The number of aliphatic imine (C=N–C) groups is 1. The SMILES string of the molecule is CCNC(=NCC(=O)NCc1ccc(OC)cc1)NC1CCN(C(=O)OCC)CC1.I. The third-order valence-corrected chi connectivity index (χ3v) is 4.74. The Balaban J connectivity index is 0.00000480. The zero-order valence-electron chi connectivity index (χ0n) is 18.5. The van der Waals surface area contributed by atoms with Crippen LogP contribution >= 0.6 is 24.0 Å². The van der Waals surface area contributed by atoms with Crippen molar-refractivity contribution in [2.45, 2.75) is 39.3 Å². The number of amides is 2. The van der Waals surface area contributed by atoms with Crippen LogP contribution in [-0.2, 0) is 16.1 Å². The molecule has 0 atom stereocenters. The summed E-state index contributed by atoms with van der Waals surface area (Å²) in [6.07, 6.45) is 1.34. The van der Waals surface area contributed by atoms with Gasteiger partial charge in [-0.25, -0.2) is 9.79 Å². The van der Waals surface area contributed by atoms with Gasteiger partial charge in [-0.1, -0.05) is 12.1 Å². The maximum absolute atomic E-state index is 12.2. The number of rotatable bonds is 8. The highest BCUT2D eigenvalue weighted by Crippen LogP contribution is 2.12. The Morgan fingerprint density at radius 1 is 1.13 bits per heavy atom. The van der Waals surface area contributed by atoms with Crippen molar-refractivity contribution >= 4 is 41.9 Å². The van der Waals surface area contributed by atoms with Crippen LogP contribution in [0, 0.1) is 0 Å². The molecule has 10 heteroatoms. The number of likely N-dealkylation sites (tertiary alicyclic amines) is 1. The van der Waals surface area contributed by atoms with Gasteiger partial charge >= 0.3 is 6.09 Å². The number of guanidine groups is 1. The van der Waals surface area contributed by atoms with E-state index in [9.17, 15) is 9.59 Å². The lowest BCUT2D eigenvalue weighted by Gasteiger charge is -2.32. The number of benzene rings is 1. The van der Waals surface area contributed by atoms with Gasteiger partial charge in [0.2, 0.25) is 5.91 Å². The van der Waals surface area contributed by atoms with Crippen molar-refractivity contribution in [1.82, 2.24) is 20.9 Å². The molecule has 0 saturated carbocycles. The van der Waals surface area contributed by atoms with Crippen molar-refractivity contribution in [2.75, 3.05) is 39.9 Å². The summed E-state index contributed by atoms with van der Waals surface area (Å²) in [6, 6.07) is 7.74. The van der Waals surface area contributed by atoms with E-state index < -0.39 is 0 Å². The first-order valence-corrected chi connectivity index (χ1v) is 10.4. The van der Waals surface area contributed by atoms with Gasteiger partial charge in [-0.3, -0.25) is 4.79 Å². The fourth-order valence-corrected chi connectivity index (χ4v) is 3.09. The van der Waals surface area contributed by atoms with Gasteiger partial charge in [-0.15, -0.1) is 24.0 Å². The molecule has 1 heterocycles. The summed E-state index contributed by atoms with van der Waals surface area (Å²) in [5.74, 6) is 1.23. The Morgan fingerprint density at radius 3 is 2.39 bits per heavy atom. The first-order chi connectivity index (χ1) is 14.5. The second kappa shape index (κ2) is 14.7. The van der Waals surface area contributed by atoms with E-state index in [4.69, 9.17) is 9.47 Å². The van der Waals surface area contributed by atoms with E-state index in [1.165, 1.54) is 0 Å². The number of hydrogen-bond donors (Lipinski definition) is 3. The predicted molar refractivity (Wildman–Crippen MR) is 131 cm³/mol. The van der Waals surface area contributed by atoms with Crippen molar-refractivity contribution in [3.63, 3.8) is 0 Å². The van der Waals surface area contributed by atoms with Gasteiger partial charge in [0.25, 0.3) is 0 Å². The molecule has 1 aliphatic heterocycles. The maximum atomic E-state index is 12.2. The van der Waals surface area contributed by atoms with Gasteiger partial charge in [-0.05, 0) is 44.4 Å². The van der Waals surface area contributed by atoms with Crippen LogP contribution in [0.15, 0.2) is 29.3 Å². The molecule has 31 heavy (non-hydrogen) atoms. The lowest BCUT2D eigenvalue weighted by Crippen LogP contribution is -2.50. The summed E-state index contributed by atoms with van der Waals surface area (Å²) in [6.45, 7) is 6.61. The number of methoxy groups -OCH3 is 1. The number of nitrogens with one attached hydrogen (secondary N) is 3. The molecule has 9 nitrogen and oxygen atoms in total. The average molecular weight is 547 g/mol. The highest BCUT2D eigenvalue weighted by atomic mass is 127. The van der Waals surface area contributed by atoms with Crippen LogP contribution in [0.1, 0.15) is 32.3 Å². The third-order valence-electron chi connectivity index (χ3n) is 4.74. The minimum atomic E-state index is -0.259. The molecule has 2 rings (SSSR count). The summed E-state index contributed by atoms with van der Waals surface area (Å²) < 4.78 is 10.2. The Bertz CT molecular complexity index is 706. The number of hydrogen-bond acceptors (Lipinski definition) is 5. The third kappa shape index (κ3) is 9.62. The molecule has 0 unspecified atom stereocenters. The molecule has 1 aromatic carbocycles. The molecular weight excluding hydrogens is 513 g/mol. The van der Waals surface area contributed by atoms with E-state index >= 15 is 0 Å². The van der Waals surface area contributed by atoms with Crippen LogP contribution in [0.5, 0.6) is 5.75 Å². The van der Waals surface area contributed by atoms with Crippen LogP contribution in [0.25, 0.3) is 0 Å². The monoisotopic (exact) mass is 547 g/mol. The van der Waals surface area contributed by atoms with Gasteiger partial charge < -0.3 is 30.3 Å². The van der Waals surface area contributed by atoms with Gasteiger partial charge in [0.05, 0.1) is 13.7 Å². The molecule has 1 saturated heterocycles. The number of ether oxygens (including phenoxy) is 2. The van der Waals surface area contributed by atoms with Crippen LogP contribution in [0.3, 0.4) is 0 Å². The summed E-state index contributed by atoms with van der Waals surface area (Å²) in [4.78, 5) is 30.1. The molecule has 0 spiro atoms. The van der Waals surface area contributed by atoms with Crippen molar-refractivity contribution < 1.29 is 19.1 Å². The van der Waals surface area contributed by atoms with Crippen molar-refractivity contribution in [1.29, 1.82) is 0 Å². The average Bonchev–Trinajstić information content (AvgIpc) is 2.77. The Morgan fingerprint density at radius 2 is 1.81 bits per heavy atom. The highest BCUT2D eigenvalue weighted by Gasteiger charge is 2.24. The molecule has 0 aromatic heterocycles.